The van der Waals surface area contributed by atoms with Crippen LogP contribution in [0.15, 0.2) is 30.3 Å². The highest BCUT2D eigenvalue weighted by Crippen LogP contribution is 2.31. The predicted octanol–water partition coefficient (Wildman–Crippen LogP) is 1.89. The minimum absolute atomic E-state index is 0.134. The standard InChI is InChI=1S/C12H15F3N2O3S/c1-16(2)11(19)17(21(20)12(13,14)15)10(8-18)9-6-4-3-5-7-9/h3-7,10,18H,8H2,1-2H3/t10-,21?/m1/s1. The molecule has 0 fully saturated rings. The maximum atomic E-state index is 12.7. The summed E-state index contributed by atoms with van der Waals surface area (Å²) in [6, 6.07) is 5.17. The van der Waals surface area contributed by atoms with E-state index < -0.39 is 35.2 Å². The summed E-state index contributed by atoms with van der Waals surface area (Å²) in [5, 5.41) is 9.38. The Hall–Kier alpha value is -1.61. The van der Waals surface area contributed by atoms with E-state index in [1.165, 1.54) is 26.2 Å². The molecule has 0 saturated carbocycles. The molecule has 1 N–H and O–H groups in total. The summed E-state index contributed by atoms with van der Waals surface area (Å²) in [7, 11) is -1.10. The molecule has 0 saturated heterocycles. The molecular weight excluding hydrogens is 309 g/mol. The largest absolute Gasteiger partial charge is 0.491 e. The highest BCUT2D eigenvalue weighted by atomic mass is 32.2. The normalized spacial score (nSPS) is 14.4. The van der Waals surface area contributed by atoms with Gasteiger partial charge in [0, 0.05) is 14.1 Å². The Morgan fingerprint density at radius 2 is 1.81 bits per heavy atom. The molecule has 2 amide bonds. The molecule has 0 spiro atoms. The van der Waals surface area contributed by atoms with E-state index in [4.69, 9.17) is 0 Å². The maximum Gasteiger partial charge on any atom is 0.491 e. The van der Waals surface area contributed by atoms with Crippen LogP contribution in [0.1, 0.15) is 11.6 Å². The molecular formula is C12H15F3N2O3S. The molecule has 0 radical (unpaired) electrons. The SMILES string of the molecule is CN(C)C(=O)N([C@H](CO)c1ccccc1)S(=O)C(F)(F)F. The van der Waals surface area contributed by atoms with Crippen molar-refractivity contribution in [3.05, 3.63) is 35.9 Å². The third-order valence-electron chi connectivity index (χ3n) is 2.59. The second-order valence-electron chi connectivity index (χ2n) is 4.31. The fourth-order valence-corrected chi connectivity index (χ4v) is 2.57. The van der Waals surface area contributed by atoms with Gasteiger partial charge in [0.15, 0.2) is 0 Å². The zero-order chi connectivity index (χ0) is 16.2. The van der Waals surface area contributed by atoms with E-state index in [0.717, 1.165) is 4.90 Å². The second kappa shape index (κ2) is 6.90. The number of hydrogen-bond donors (Lipinski definition) is 1. The van der Waals surface area contributed by atoms with Crippen LogP contribution in [0.5, 0.6) is 0 Å². The number of alkyl halides is 3. The summed E-state index contributed by atoms with van der Waals surface area (Å²) in [5.41, 5.74) is -4.85. The number of hydrogen-bond acceptors (Lipinski definition) is 3. The van der Waals surface area contributed by atoms with Crippen LogP contribution in [-0.4, -0.2) is 50.8 Å². The number of nitrogens with zero attached hydrogens (tertiary/aromatic N) is 2. The smallest absolute Gasteiger partial charge is 0.394 e. The van der Waals surface area contributed by atoms with E-state index in [2.05, 4.69) is 0 Å². The van der Waals surface area contributed by atoms with Gasteiger partial charge in [-0.15, -0.1) is 0 Å². The van der Waals surface area contributed by atoms with Crippen LogP contribution in [-0.2, 0) is 11.0 Å². The molecule has 5 nitrogen and oxygen atoms in total. The number of aliphatic hydroxyl groups excluding tert-OH is 1. The van der Waals surface area contributed by atoms with Crippen molar-refractivity contribution >= 4 is 17.0 Å². The van der Waals surface area contributed by atoms with Crippen LogP contribution >= 0.6 is 0 Å². The zero-order valence-electron chi connectivity index (χ0n) is 11.4. The van der Waals surface area contributed by atoms with Crippen LogP contribution < -0.4 is 0 Å². The molecule has 118 valence electrons. The average Bonchev–Trinajstić information content (AvgIpc) is 2.43. The van der Waals surface area contributed by atoms with Crippen LogP contribution in [0.25, 0.3) is 0 Å². The Balaban J connectivity index is 3.28. The number of urea groups is 1. The third kappa shape index (κ3) is 4.18. The Labute approximate surface area is 122 Å². The van der Waals surface area contributed by atoms with Gasteiger partial charge in [0.1, 0.15) is 0 Å². The highest BCUT2D eigenvalue weighted by Gasteiger charge is 2.46. The number of carbonyl (C=O) groups excluding carboxylic acids is 1. The lowest BCUT2D eigenvalue weighted by Gasteiger charge is -2.31. The quantitative estimate of drug-likeness (QED) is 0.920. The van der Waals surface area contributed by atoms with Gasteiger partial charge >= 0.3 is 11.5 Å². The van der Waals surface area contributed by atoms with Gasteiger partial charge in [-0.05, 0) is 5.56 Å². The van der Waals surface area contributed by atoms with Crippen molar-refractivity contribution in [1.82, 2.24) is 9.21 Å². The molecule has 0 aliphatic rings. The second-order valence-corrected chi connectivity index (χ2v) is 5.66. The first kappa shape index (κ1) is 17.4. The molecule has 21 heavy (non-hydrogen) atoms. The van der Waals surface area contributed by atoms with Gasteiger partial charge in [-0.25, -0.2) is 13.3 Å². The Bertz CT molecular complexity index is 508. The van der Waals surface area contributed by atoms with Crippen molar-refractivity contribution in [2.24, 2.45) is 0 Å². The van der Waals surface area contributed by atoms with E-state index >= 15 is 0 Å². The molecule has 1 aromatic rings. The minimum Gasteiger partial charge on any atom is -0.394 e. The summed E-state index contributed by atoms with van der Waals surface area (Å²) >= 11 is 0. The van der Waals surface area contributed by atoms with Gasteiger partial charge in [-0.1, -0.05) is 30.3 Å². The fourth-order valence-electron chi connectivity index (χ4n) is 1.62. The number of benzene rings is 1. The molecule has 0 aliphatic heterocycles. The first-order valence-corrected chi connectivity index (χ1v) is 6.95. The summed E-state index contributed by atoms with van der Waals surface area (Å²) in [4.78, 5) is 12.8. The van der Waals surface area contributed by atoms with Gasteiger partial charge < -0.3 is 10.0 Å². The van der Waals surface area contributed by atoms with E-state index in [-0.39, 0.29) is 9.87 Å². The van der Waals surface area contributed by atoms with Crippen molar-refractivity contribution in [3.63, 3.8) is 0 Å². The van der Waals surface area contributed by atoms with Crippen LogP contribution in [0.2, 0.25) is 0 Å². The Kier molecular flexibility index (Phi) is 5.73. The number of rotatable bonds is 4. The minimum atomic E-state index is -5.10. The van der Waals surface area contributed by atoms with Crippen LogP contribution in [0, 0.1) is 0 Å². The van der Waals surface area contributed by atoms with Gasteiger partial charge in [0.2, 0.25) is 11.0 Å². The molecule has 0 aromatic heterocycles. The van der Waals surface area contributed by atoms with Crippen LogP contribution in [0.3, 0.4) is 0 Å². The van der Waals surface area contributed by atoms with Crippen molar-refractivity contribution in [2.75, 3.05) is 20.7 Å². The number of amides is 2. The lowest BCUT2D eigenvalue weighted by Crippen LogP contribution is -2.47. The monoisotopic (exact) mass is 324 g/mol. The maximum absolute atomic E-state index is 12.7. The molecule has 0 heterocycles. The van der Waals surface area contributed by atoms with Gasteiger partial charge in [-0.2, -0.15) is 13.2 Å². The molecule has 1 aromatic carbocycles. The lowest BCUT2D eigenvalue weighted by atomic mass is 10.1. The zero-order valence-corrected chi connectivity index (χ0v) is 12.2. The van der Waals surface area contributed by atoms with E-state index in [0.29, 0.717) is 0 Å². The molecule has 9 heteroatoms. The van der Waals surface area contributed by atoms with Gasteiger partial charge in [0.25, 0.3) is 0 Å². The predicted molar refractivity (Wildman–Crippen MR) is 71.4 cm³/mol. The lowest BCUT2D eigenvalue weighted by molar-refractivity contribution is -0.0434. The third-order valence-corrected chi connectivity index (χ3v) is 3.75. The van der Waals surface area contributed by atoms with Crippen molar-refractivity contribution in [3.8, 4) is 0 Å². The van der Waals surface area contributed by atoms with Gasteiger partial charge in [0.05, 0.1) is 12.6 Å². The average molecular weight is 324 g/mol. The summed E-state index contributed by atoms with van der Waals surface area (Å²) in [6.45, 7) is -0.786. The van der Waals surface area contributed by atoms with Crippen molar-refractivity contribution < 1.29 is 27.3 Å². The fraction of sp³-hybridized carbons (Fsp3) is 0.417. The topological polar surface area (TPSA) is 60.9 Å². The van der Waals surface area contributed by atoms with Crippen LogP contribution in [0.4, 0.5) is 18.0 Å². The molecule has 1 unspecified atom stereocenters. The van der Waals surface area contributed by atoms with Gasteiger partial charge in [-0.3, -0.25) is 0 Å². The van der Waals surface area contributed by atoms with Crippen molar-refractivity contribution in [2.45, 2.75) is 11.6 Å². The molecule has 2 atom stereocenters. The Morgan fingerprint density at radius 3 is 2.19 bits per heavy atom. The summed E-state index contributed by atoms with van der Waals surface area (Å²) in [5.74, 6) is 0. The molecule has 1 rings (SSSR count). The number of aliphatic hydroxyl groups is 1. The first-order chi connectivity index (χ1) is 9.70. The molecule has 0 aliphatic carbocycles. The molecule has 0 bridgehead atoms. The number of halogens is 3. The Morgan fingerprint density at radius 1 is 1.29 bits per heavy atom. The van der Waals surface area contributed by atoms with E-state index in [1.807, 2.05) is 0 Å². The number of carbonyl (C=O) groups is 1. The summed E-state index contributed by atoms with van der Waals surface area (Å²) < 4.78 is 50.0. The summed E-state index contributed by atoms with van der Waals surface area (Å²) in [6.07, 6.45) is 0. The first-order valence-electron chi connectivity index (χ1n) is 5.85. The van der Waals surface area contributed by atoms with Crippen molar-refractivity contribution in [1.29, 1.82) is 0 Å². The highest BCUT2D eigenvalue weighted by molar-refractivity contribution is 7.84. The van der Waals surface area contributed by atoms with E-state index in [9.17, 15) is 27.3 Å². The van der Waals surface area contributed by atoms with E-state index in [1.54, 1.807) is 18.2 Å².